The molecule has 1 aromatic heterocycles. The average Bonchev–Trinajstić information content (AvgIpc) is 2.57. The molecule has 1 aromatic rings. The van der Waals surface area contributed by atoms with Crippen LogP contribution < -0.4 is 5.32 Å². The van der Waals surface area contributed by atoms with Crippen LogP contribution >= 0.6 is 11.5 Å². The Morgan fingerprint density at radius 1 is 1.69 bits per heavy atom. The van der Waals surface area contributed by atoms with Crippen molar-refractivity contribution in [2.75, 3.05) is 20.3 Å². The van der Waals surface area contributed by atoms with Crippen molar-refractivity contribution in [3.63, 3.8) is 0 Å². The van der Waals surface area contributed by atoms with E-state index >= 15 is 0 Å². The molecule has 1 unspecified atom stereocenters. The molecule has 0 aliphatic carbocycles. The SMILES string of the molecule is COCC(C)CNCc1csnn1. The molecule has 1 atom stereocenters. The van der Waals surface area contributed by atoms with Gasteiger partial charge in [-0.05, 0) is 17.5 Å². The third kappa shape index (κ3) is 4.31. The van der Waals surface area contributed by atoms with Gasteiger partial charge in [-0.3, -0.25) is 0 Å². The minimum atomic E-state index is 0.539. The average molecular weight is 201 g/mol. The van der Waals surface area contributed by atoms with Crippen LogP contribution in [0.15, 0.2) is 5.38 Å². The summed E-state index contributed by atoms with van der Waals surface area (Å²) in [5.74, 6) is 0.539. The Balaban J connectivity index is 2.07. The van der Waals surface area contributed by atoms with Gasteiger partial charge in [-0.1, -0.05) is 11.4 Å². The molecule has 74 valence electrons. The molecule has 0 fully saturated rings. The highest BCUT2D eigenvalue weighted by molar-refractivity contribution is 7.03. The van der Waals surface area contributed by atoms with Gasteiger partial charge in [0.2, 0.25) is 0 Å². The van der Waals surface area contributed by atoms with Crippen molar-refractivity contribution in [1.82, 2.24) is 14.9 Å². The first-order chi connectivity index (χ1) is 6.33. The van der Waals surface area contributed by atoms with Crippen LogP contribution in [0.1, 0.15) is 12.6 Å². The summed E-state index contributed by atoms with van der Waals surface area (Å²) < 4.78 is 8.81. The van der Waals surface area contributed by atoms with E-state index in [0.29, 0.717) is 5.92 Å². The Hall–Kier alpha value is -0.520. The molecule has 0 aliphatic rings. The fourth-order valence-electron chi connectivity index (χ4n) is 1.05. The quantitative estimate of drug-likeness (QED) is 0.743. The molecule has 5 heteroatoms. The Morgan fingerprint density at radius 3 is 3.15 bits per heavy atom. The predicted octanol–water partition coefficient (Wildman–Crippen LogP) is 0.910. The molecule has 0 spiro atoms. The smallest absolute Gasteiger partial charge is 0.0893 e. The van der Waals surface area contributed by atoms with Gasteiger partial charge in [-0.2, -0.15) is 0 Å². The van der Waals surface area contributed by atoms with Crippen LogP contribution in [0.25, 0.3) is 0 Å². The second kappa shape index (κ2) is 6.01. The molecule has 0 saturated carbocycles. The van der Waals surface area contributed by atoms with Crippen LogP contribution in [0.2, 0.25) is 0 Å². The number of hydrogen-bond donors (Lipinski definition) is 1. The third-order valence-corrected chi connectivity index (χ3v) is 2.21. The number of aromatic nitrogens is 2. The van der Waals surface area contributed by atoms with E-state index in [-0.39, 0.29) is 0 Å². The van der Waals surface area contributed by atoms with Gasteiger partial charge in [-0.25, -0.2) is 0 Å². The summed E-state index contributed by atoms with van der Waals surface area (Å²) in [7, 11) is 1.72. The zero-order valence-electron chi connectivity index (χ0n) is 7.99. The van der Waals surface area contributed by atoms with Gasteiger partial charge >= 0.3 is 0 Å². The van der Waals surface area contributed by atoms with Crippen molar-refractivity contribution in [1.29, 1.82) is 0 Å². The monoisotopic (exact) mass is 201 g/mol. The van der Waals surface area contributed by atoms with Crippen molar-refractivity contribution in [2.45, 2.75) is 13.5 Å². The van der Waals surface area contributed by atoms with Crippen LogP contribution in [-0.4, -0.2) is 29.8 Å². The van der Waals surface area contributed by atoms with Gasteiger partial charge in [0.15, 0.2) is 0 Å². The first-order valence-electron chi connectivity index (χ1n) is 4.28. The Morgan fingerprint density at radius 2 is 2.54 bits per heavy atom. The largest absolute Gasteiger partial charge is 0.384 e. The van der Waals surface area contributed by atoms with E-state index in [2.05, 4.69) is 21.8 Å². The maximum absolute atomic E-state index is 5.03. The van der Waals surface area contributed by atoms with E-state index in [1.165, 1.54) is 11.5 Å². The van der Waals surface area contributed by atoms with E-state index in [0.717, 1.165) is 25.4 Å². The van der Waals surface area contributed by atoms with Crippen molar-refractivity contribution >= 4 is 11.5 Å². The fourth-order valence-corrected chi connectivity index (χ4v) is 1.50. The molecule has 0 saturated heterocycles. The molecular formula is C8H15N3OS. The van der Waals surface area contributed by atoms with Gasteiger partial charge in [-0.15, -0.1) is 5.10 Å². The summed E-state index contributed by atoms with van der Waals surface area (Å²) in [4.78, 5) is 0. The van der Waals surface area contributed by atoms with Crippen molar-refractivity contribution in [3.8, 4) is 0 Å². The third-order valence-electron chi connectivity index (χ3n) is 1.66. The second-order valence-corrected chi connectivity index (χ2v) is 3.70. The minimum Gasteiger partial charge on any atom is -0.384 e. The maximum Gasteiger partial charge on any atom is 0.0893 e. The zero-order chi connectivity index (χ0) is 9.52. The highest BCUT2D eigenvalue weighted by Crippen LogP contribution is 1.97. The van der Waals surface area contributed by atoms with Gasteiger partial charge in [0.05, 0.1) is 5.69 Å². The van der Waals surface area contributed by atoms with Gasteiger partial charge in [0.1, 0.15) is 0 Å². The first-order valence-corrected chi connectivity index (χ1v) is 5.12. The van der Waals surface area contributed by atoms with Crippen LogP contribution in [0, 0.1) is 5.92 Å². The Bertz CT molecular complexity index is 215. The predicted molar refractivity (Wildman–Crippen MR) is 52.7 cm³/mol. The molecule has 4 nitrogen and oxygen atoms in total. The molecule has 0 amide bonds. The van der Waals surface area contributed by atoms with E-state index < -0.39 is 0 Å². The molecule has 1 N–H and O–H groups in total. The number of ether oxygens (including phenoxy) is 1. The Labute approximate surface area is 82.5 Å². The summed E-state index contributed by atoms with van der Waals surface area (Å²) >= 11 is 1.38. The summed E-state index contributed by atoms with van der Waals surface area (Å²) in [5.41, 5.74) is 1.01. The van der Waals surface area contributed by atoms with Gasteiger partial charge in [0.25, 0.3) is 0 Å². The standard InChI is InChI=1S/C8H15N3OS/c1-7(5-12-2)3-9-4-8-6-13-11-10-8/h6-7,9H,3-5H2,1-2H3. The maximum atomic E-state index is 5.03. The van der Waals surface area contributed by atoms with E-state index in [4.69, 9.17) is 4.74 Å². The van der Waals surface area contributed by atoms with E-state index in [1.54, 1.807) is 7.11 Å². The highest BCUT2D eigenvalue weighted by atomic mass is 32.1. The topological polar surface area (TPSA) is 47.0 Å². The fraction of sp³-hybridized carbons (Fsp3) is 0.750. The molecule has 13 heavy (non-hydrogen) atoms. The zero-order valence-corrected chi connectivity index (χ0v) is 8.80. The lowest BCUT2D eigenvalue weighted by Crippen LogP contribution is -2.23. The summed E-state index contributed by atoms with van der Waals surface area (Å²) in [6.07, 6.45) is 0. The first kappa shape index (κ1) is 10.6. The number of methoxy groups -OCH3 is 1. The van der Waals surface area contributed by atoms with Crippen molar-refractivity contribution < 1.29 is 4.74 Å². The lowest BCUT2D eigenvalue weighted by atomic mass is 10.2. The lowest BCUT2D eigenvalue weighted by Gasteiger charge is -2.09. The van der Waals surface area contributed by atoms with Crippen molar-refractivity contribution in [3.05, 3.63) is 11.1 Å². The van der Waals surface area contributed by atoms with Crippen LogP contribution in [0.3, 0.4) is 0 Å². The number of nitrogens with zero attached hydrogens (tertiary/aromatic N) is 2. The second-order valence-electron chi connectivity index (χ2n) is 3.09. The van der Waals surface area contributed by atoms with E-state index in [1.807, 2.05) is 5.38 Å². The Kier molecular flexibility index (Phi) is 4.88. The molecule has 0 bridgehead atoms. The summed E-state index contributed by atoms with van der Waals surface area (Å²) in [5, 5.41) is 9.18. The lowest BCUT2D eigenvalue weighted by molar-refractivity contribution is 0.158. The molecule has 1 heterocycles. The minimum absolute atomic E-state index is 0.539. The molecule has 0 aromatic carbocycles. The summed E-state index contributed by atoms with van der Waals surface area (Å²) in [6, 6.07) is 0. The highest BCUT2D eigenvalue weighted by Gasteiger charge is 2.01. The molecular weight excluding hydrogens is 186 g/mol. The number of hydrogen-bond acceptors (Lipinski definition) is 5. The number of rotatable bonds is 6. The summed E-state index contributed by atoms with van der Waals surface area (Å²) in [6.45, 7) is 4.69. The molecule has 1 rings (SSSR count). The van der Waals surface area contributed by atoms with Crippen molar-refractivity contribution in [2.24, 2.45) is 5.92 Å². The number of nitrogens with one attached hydrogen (secondary N) is 1. The van der Waals surface area contributed by atoms with Crippen LogP contribution in [0.5, 0.6) is 0 Å². The normalized spacial score (nSPS) is 13.1. The van der Waals surface area contributed by atoms with Crippen LogP contribution in [0.4, 0.5) is 0 Å². The van der Waals surface area contributed by atoms with E-state index in [9.17, 15) is 0 Å². The van der Waals surface area contributed by atoms with Crippen LogP contribution in [-0.2, 0) is 11.3 Å². The molecule has 0 aliphatic heterocycles. The van der Waals surface area contributed by atoms with Gasteiger partial charge in [0, 0.05) is 32.2 Å². The molecule has 0 radical (unpaired) electrons. The van der Waals surface area contributed by atoms with Gasteiger partial charge < -0.3 is 10.1 Å².